The zero-order valence-corrected chi connectivity index (χ0v) is 12.1. The molecular formula is C15H21NO4. The molecule has 0 saturated heterocycles. The van der Waals surface area contributed by atoms with Crippen molar-refractivity contribution in [3.05, 3.63) is 30.3 Å². The highest BCUT2D eigenvalue weighted by Crippen LogP contribution is 2.23. The average molecular weight is 279 g/mol. The van der Waals surface area contributed by atoms with Gasteiger partial charge in [0.2, 0.25) is 0 Å². The highest BCUT2D eigenvalue weighted by atomic mass is 16.5. The van der Waals surface area contributed by atoms with Gasteiger partial charge in [0.15, 0.2) is 0 Å². The molecule has 110 valence electrons. The van der Waals surface area contributed by atoms with Crippen LogP contribution in [0.5, 0.6) is 0 Å². The summed E-state index contributed by atoms with van der Waals surface area (Å²) in [5.74, 6) is -1.16. The van der Waals surface area contributed by atoms with Crippen LogP contribution >= 0.6 is 0 Å². The van der Waals surface area contributed by atoms with Crippen LogP contribution in [-0.4, -0.2) is 36.2 Å². The normalized spacial score (nSPS) is 13.6. The Bertz CT molecular complexity index is 454. The molecular weight excluding hydrogens is 258 g/mol. The third-order valence-electron chi connectivity index (χ3n) is 3.44. The van der Waals surface area contributed by atoms with Gasteiger partial charge in [-0.2, -0.15) is 0 Å². The first kappa shape index (κ1) is 16.2. The Morgan fingerprint density at radius 2 is 1.90 bits per heavy atom. The Labute approximate surface area is 119 Å². The Morgan fingerprint density at radius 3 is 2.35 bits per heavy atom. The minimum atomic E-state index is -0.950. The number of anilines is 1. The summed E-state index contributed by atoms with van der Waals surface area (Å²) in [5.41, 5.74) is -0.274. The number of amides is 1. The maximum Gasteiger partial charge on any atom is 0.305 e. The van der Waals surface area contributed by atoms with E-state index in [4.69, 9.17) is 9.84 Å². The number of rotatable bonds is 7. The molecule has 1 aromatic carbocycles. The van der Waals surface area contributed by atoms with Gasteiger partial charge in [0.1, 0.15) is 5.60 Å². The number of hydrogen-bond donors (Lipinski definition) is 1. The second-order valence-electron chi connectivity index (χ2n) is 4.72. The average Bonchev–Trinajstić information content (AvgIpc) is 2.47. The maximum atomic E-state index is 12.6. The first-order valence-corrected chi connectivity index (χ1v) is 6.58. The monoisotopic (exact) mass is 279 g/mol. The minimum Gasteiger partial charge on any atom is -0.481 e. The van der Waals surface area contributed by atoms with Gasteiger partial charge in [-0.1, -0.05) is 25.1 Å². The lowest BCUT2D eigenvalue weighted by molar-refractivity contribution is -0.139. The molecule has 0 aliphatic carbocycles. The standard InChI is InChI=1S/C15H21NO4/c1-4-15(2,20-3)14(19)16(11-10-13(17)18)12-8-6-5-7-9-12/h5-9H,4,10-11H2,1-3H3,(H,17,18). The fourth-order valence-corrected chi connectivity index (χ4v) is 1.83. The largest absolute Gasteiger partial charge is 0.481 e. The highest BCUT2D eigenvalue weighted by molar-refractivity contribution is 5.99. The van der Waals surface area contributed by atoms with Crippen molar-refractivity contribution in [1.29, 1.82) is 0 Å². The smallest absolute Gasteiger partial charge is 0.305 e. The van der Waals surface area contributed by atoms with Crippen LogP contribution in [-0.2, 0) is 14.3 Å². The molecule has 1 aromatic rings. The van der Waals surface area contributed by atoms with Crippen LogP contribution in [0.1, 0.15) is 26.7 Å². The third-order valence-corrected chi connectivity index (χ3v) is 3.44. The minimum absolute atomic E-state index is 0.107. The van der Waals surface area contributed by atoms with Crippen LogP contribution in [0, 0.1) is 0 Å². The molecule has 20 heavy (non-hydrogen) atoms. The summed E-state index contributed by atoms with van der Waals surface area (Å²) in [5, 5.41) is 8.84. The zero-order valence-electron chi connectivity index (χ0n) is 12.1. The molecule has 5 nitrogen and oxygen atoms in total. The van der Waals surface area contributed by atoms with Crippen molar-refractivity contribution in [3.8, 4) is 0 Å². The molecule has 0 aliphatic rings. The molecule has 1 N–H and O–H groups in total. The molecule has 0 fully saturated rings. The predicted molar refractivity (Wildman–Crippen MR) is 76.8 cm³/mol. The van der Waals surface area contributed by atoms with E-state index in [0.717, 1.165) is 0 Å². The number of carbonyl (C=O) groups excluding carboxylic acids is 1. The summed E-state index contributed by atoms with van der Waals surface area (Å²) in [4.78, 5) is 24.9. The molecule has 0 aromatic heterocycles. The van der Waals surface area contributed by atoms with E-state index in [-0.39, 0.29) is 18.9 Å². The first-order chi connectivity index (χ1) is 9.44. The van der Waals surface area contributed by atoms with Gasteiger partial charge in [-0.3, -0.25) is 9.59 Å². The van der Waals surface area contributed by atoms with Crippen LogP contribution in [0.15, 0.2) is 30.3 Å². The molecule has 0 saturated carbocycles. The van der Waals surface area contributed by atoms with E-state index >= 15 is 0 Å². The van der Waals surface area contributed by atoms with Crippen molar-refractivity contribution < 1.29 is 19.4 Å². The van der Waals surface area contributed by atoms with Crippen molar-refractivity contribution in [1.82, 2.24) is 0 Å². The van der Waals surface area contributed by atoms with E-state index in [1.54, 1.807) is 19.1 Å². The van der Waals surface area contributed by atoms with Crippen molar-refractivity contribution >= 4 is 17.6 Å². The molecule has 0 bridgehead atoms. The highest BCUT2D eigenvalue weighted by Gasteiger charge is 2.35. The van der Waals surface area contributed by atoms with Crippen LogP contribution < -0.4 is 4.90 Å². The Hall–Kier alpha value is -1.88. The summed E-state index contributed by atoms with van der Waals surface area (Å²) in [6.07, 6.45) is 0.406. The van der Waals surface area contributed by atoms with Crippen molar-refractivity contribution in [3.63, 3.8) is 0 Å². The number of para-hydroxylation sites is 1. The zero-order chi connectivity index (χ0) is 15.2. The summed E-state index contributed by atoms with van der Waals surface area (Å²) in [7, 11) is 1.49. The van der Waals surface area contributed by atoms with E-state index < -0.39 is 11.6 Å². The first-order valence-electron chi connectivity index (χ1n) is 6.58. The number of carbonyl (C=O) groups is 2. The van der Waals surface area contributed by atoms with E-state index in [0.29, 0.717) is 12.1 Å². The van der Waals surface area contributed by atoms with Crippen LogP contribution in [0.4, 0.5) is 5.69 Å². The van der Waals surface area contributed by atoms with Crippen molar-refractivity contribution in [2.75, 3.05) is 18.6 Å². The summed E-state index contributed by atoms with van der Waals surface area (Å²) < 4.78 is 5.32. The molecule has 1 unspecified atom stereocenters. The quantitative estimate of drug-likeness (QED) is 0.831. The molecule has 1 atom stereocenters. The van der Waals surface area contributed by atoms with Crippen LogP contribution in [0.2, 0.25) is 0 Å². The van der Waals surface area contributed by atoms with E-state index in [1.807, 2.05) is 25.1 Å². The van der Waals surface area contributed by atoms with Gasteiger partial charge >= 0.3 is 5.97 Å². The summed E-state index contributed by atoms with van der Waals surface area (Å²) >= 11 is 0. The molecule has 1 amide bonds. The van der Waals surface area contributed by atoms with Gasteiger partial charge in [-0.05, 0) is 25.5 Å². The topological polar surface area (TPSA) is 66.8 Å². The fraction of sp³-hybridized carbons (Fsp3) is 0.467. The van der Waals surface area contributed by atoms with E-state index in [1.165, 1.54) is 12.0 Å². The van der Waals surface area contributed by atoms with E-state index in [2.05, 4.69) is 0 Å². The number of hydrogen-bond acceptors (Lipinski definition) is 3. The third kappa shape index (κ3) is 3.81. The van der Waals surface area contributed by atoms with Gasteiger partial charge in [0.05, 0.1) is 6.42 Å². The van der Waals surface area contributed by atoms with Crippen LogP contribution in [0.3, 0.4) is 0 Å². The fourth-order valence-electron chi connectivity index (χ4n) is 1.83. The number of carboxylic acid groups (broad SMARTS) is 1. The van der Waals surface area contributed by atoms with Gasteiger partial charge < -0.3 is 14.7 Å². The second-order valence-corrected chi connectivity index (χ2v) is 4.72. The number of ether oxygens (including phenoxy) is 1. The SMILES string of the molecule is CCC(C)(OC)C(=O)N(CCC(=O)O)c1ccccc1. The summed E-state index contributed by atoms with van der Waals surface area (Å²) in [6, 6.07) is 9.04. The molecule has 0 aliphatic heterocycles. The van der Waals surface area contributed by atoms with E-state index in [9.17, 15) is 9.59 Å². The van der Waals surface area contributed by atoms with Crippen LogP contribution in [0.25, 0.3) is 0 Å². The number of aliphatic carboxylic acids is 1. The number of methoxy groups -OCH3 is 1. The lowest BCUT2D eigenvalue weighted by Gasteiger charge is -2.32. The predicted octanol–water partition coefficient (Wildman–Crippen LogP) is 2.31. The number of nitrogens with zero attached hydrogens (tertiary/aromatic N) is 1. The lowest BCUT2D eigenvalue weighted by Crippen LogP contribution is -2.49. The lowest BCUT2D eigenvalue weighted by atomic mass is 10.0. The van der Waals surface area contributed by atoms with Crippen molar-refractivity contribution in [2.45, 2.75) is 32.3 Å². The Balaban J connectivity index is 3.04. The Morgan fingerprint density at radius 1 is 1.30 bits per heavy atom. The molecule has 5 heteroatoms. The number of benzene rings is 1. The van der Waals surface area contributed by atoms with Gasteiger partial charge in [-0.15, -0.1) is 0 Å². The Kier molecular flexibility index (Phi) is 5.70. The van der Waals surface area contributed by atoms with Gasteiger partial charge in [-0.25, -0.2) is 0 Å². The van der Waals surface area contributed by atoms with Gasteiger partial charge in [0, 0.05) is 19.3 Å². The van der Waals surface area contributed by atoms with Gasteiger partial charge in [0.25, 0.3) is 5.91 Å². The second kappa shape index (κ2) is 7.05. The molecule has 0 spiro atoms. The summed E-state index contributed by atoms with van der Waals surface area (Å²) in [6.45, 7) is 3.70. The molecule has 0 heterocycles. The molecule has 1 rings (SSSR count). The molecule has 0 radical (unpaired) electrons. The van der Waals surface area contributed by atoms with Crippen molar-refractivity contribution in [2.24, 2.45) is 0 Å². The number of carboxylic acids is 1. The maximum absolute atomic E-state index is 12.6.